The van der Waals surface area contributed by atoms with E-state index in [1.807, 2.05) is 0 Å². The molecule has 0 bridgehead atoms. The Bertz CT molecular complexity index is 620. The average Bonchev–Trinajstić information content (AvgIpc) is 2.78. The minimum atomic E-state index is -0.948. The van der Waals surface area contributed by atoms with E-state index >= 15 is 0 Å². The number of aliphatic hydroxyl groups excluding tert-OH is 2. The summed E-state index contributed by atoms with van der Waals surface area (Å²) in [5.74, 6) is 0. The topological polar surface area (TPSA) is 114 Å². The first-order valence-electron chi connectivity index (χ1n) is 5.83. The molecule has 1 unspecified atom stereocenters. The molecule has 18 heavy (non-hydrogen) atoms. The van der Waals surface area contributed by atoms with Crippen molar-refractivity contribution in [1.29, 1.82) is 0 Å². The van der Waals surface area contributed by atoms with Crippen molar-refractivity contribution in [2.24, 2.45) is 0 Å². The number of nitrogens with one attached hydrogen (secondary N) is 3. The van der Waals surface area contributed by atoms with Gasteiger partial charge >= 0.3 is 0 Å². The van der Waals surface area contributed by atoms with Gasteiger partial charge in [0.2, 0.25) is 0 Å². The van der Waals surface area contributed by atoms with Crippen LogP contribution in [0.3, 0.4) is 0 Å². The van der Waals surface area contributed by atoms with Gasteiger partial charge < -0.3 is 20.2 Å². The highest BCUT2D eigenvalue weighted by atomic mass is 16.3. The van der Waals surface area contributed by atoms with E-state index in [2.05, 4.69) is 20.3 Å². The molecule has 0 aliphatic carbocycles. The molecule has 3 atom stereocenters. The maximum atomic E-state index is 11.6. The number of hydrogen-bond donors (Lipinski definition) is 5. The van der Waals surface area contributed by atoms with E-state index in [1.165, 1.54) is 6.33 Å². The molecule has 0 aromatic carbocycles. The Morgan fingerprint density at radius 2 is 2.11 bits per heavy atom. The smallest absolute Gasteiger partial charge is 0.275 e. The molecule has 96 valence electrons. The lowest BCUT2D eigenvalue weighted by atomic mass is 9.96. The van der Waals surface area contributed by atoms with E-state index < -0.39 is 12.3 Å². The van der Waals surface area contributed by atoms with Gasteiger partial charge in [0.15, 0.2) is 0 Å². The third-order valence-electron chi connectivity index (χ3n) is 3.36. The average molecular weight is 250 g/mol. The van der Waals surface area contributed by atoms with Crippen LogP contribution in [0.15, 0.2) is 17.3 Å². The highest BCUT2D eigenvalue weighted by molar-refractivity contribution is 5.78. The lowest BCUT2D eigenvalue weighted by molar-refractivity contribution is -0.0363. The molecule has 2 aromatic heterocycles. The van der Waals surface area contributed by atoms with Crippen molar-refractivity contribution in [3.05, 3.63) is 28.4 Å². The Morgan fingerprint density at radius 3 is 2.89 bits per heavy atom. The minimum absolute atomic E-state index is 0.119. The van der Waals surface area contributed by atoms with Gasteiger partial charge in [0, 0.05) is 17.8 Å². The van der Waals surface area contributed by atoms with Gasteiger partial charge in [-0.15, -0.1) is 0 Å². The quantitative estimate of drug-likeness (QED) is 0.461. The predicted molar refractivity (Wildman–Crippen MR) is 63.8 cm³/mol. The van der Waals surface area contributed by atoms with Gasteiger partial charge in [0.25, 0.3) is 5.56 Å². The summed E-state index contributed by atoms with van der Waals surface area (Å²) in [5.41, 5.74) is 1.64. The first kappa shape index (κ1) is 11.4. The van der Waals surface area contributed by atoms with Crippen molar-refractivity contribution < 1.29 is 10.2 Å². The summed E-state index contributed by atoms with van der Waals surface area (Å²) in [6.45, 7) is 0. The van der Waals surface area contributed by atoms with E-state index in [0.717, 1.165) is 5.56 Å². The fourth-order valence-corrected chi connectivity index (χ4v) is 2.38. The van der Waals surface area contributed by atoms with Gasteiger partial charge in [-0.05, 0) is 12.8 Å². The van der Waals surface area contributed by atoms with Crippen LogP contribution in [0.25, 0.3) is 11.0 Å². The number of piperidine rings is 1. The molecular formula is C11H14N4O3. The molecule has 3 heterocycles. The summed E-state index contributed by atoms with van der Waals surface area (Å²) in [6, 6.07) is -0.119. The van der Waals surface area contributed by atoms with Crippen LogP contribution in [-0.4, -0.2) is 37.5 Å². The van der Waals surface area contributed by atoms with E-state index in [4.69, 9.17) is 0 Å². The largest absolute Gasteiger partial charge is 0.389 e. The Morgan fingerprint density at radius 1 is 1.28 bits per heavy atom. The summed E-state index contributed by atoms with van der Waals surface area (Å²) in [6.07, 6.45) is 2.57. The van der Waals surface area contributed by atoms with Crippen molar-refractivity contribution in [3.8, 4) is 0 Å². The van der Waals surface area contributed by atoms with Crippen LogP contribution in [-0.2, 0) is 0 Å². The number of aromatic amines is 2. The van der Waals surface area contributed by atoms with E-state index in [-0.39, 0.29) is 11.6 Å². The van der Waals surface area contributed by atoms with Gasteiger partial charge in [-0.3, -0.25) is 10.1 Å². The standard InChI is InChI=1S/C11H14N4O3/c16-7-2-1-6(15-10(7)17)5-3-12-9-8(5)13-4-14-11(9)18/h3-4,6-7,10,12,15-17H,1-2H2,(H,13,14,18)/t6?,7-,10+/m0/s1. The Balaban J connectivity index is 2.00. The zero-order valence-electron chi connectivity index (χ0n) is 9.55. The molecule has 0 amide bonds. The Labute approximate surface area is 102 Å². The normalized spacial score (nSPS) is 28.7. The van der Waals surface area contributed by atoms with Crippen molar-refractivity contribution in [1.82, 2.24) is 20.3 Å². The van der Waals surface area contributed by atoms with E-state index in [9.17, 15) is 15.0 Å². The molecule has 0 radical (unpaired) electrons. The molecule has 1 aliphatic heterocycles. The molecule has 1 aliphatic rings. The number of nitrogens with zero attached hydrogens (tertiary/aromatic N) is 1. The number of aliphatic hydroxyl groups is 2. The predicted octanol–water partition coefficient (Wildman–Crippen LogP) is -0.645. The molecule has 7 heteroatoms. The third-order valence-corrected chi connectivity index (χ3v) is 3.36. The van der Waals surface area contributed by atoms with Crippen LogP contribution >= 0.6 is 0 Å². The highest BCUT2D eigenvalue weighted by Crippen LogP contribution is 2.28. The van der Waals surface area contributed by atoms with Crippen molar-refractivity contribution in [2.45, 2.75) is 31.2 Å². The molecule has 1 saturated heterocycles. The highest BCUT2D eigenvalue weighted by Gasteiger charge is 2.29. The van der Waals surface area contributed by atoms with Gasteiger partial charge in [-0.2, -0.15) is 0 Å². The monoisotopic (exact) mass is 250 g/mol. The second-order valence-corrected chi connectivity index (χ2v) is 4.51. The lowest BCUT2D eigenvalue weighted by Gasteiger charge is -2.31. The molecule has 1 fully saturated rings. The Kier molecular flexibility index (Phi) is 2.66. The molecule has 7 nitrogen and oxygen atoms in total. The third kappa shape index (κ3) is 1.72. The fraction of sp³-hybridized carbons (Fsp3) is 0.455. The van der Waals surface area contributed by atoms with Crippen molar-refractivity contribution in [2.75, 3.05) is 0 Å². The van der Waals surface area contributed by atoms with Crippen LogP contribution < -0.4 is 10.9 Å². The lowest BCUT2D eigenvalue weighted by Crippen LogP contribution is -2.46. The van der Waals surface area contributed by atoms with Gasteiger partial charge in [0.05, 0.1) is 12.4 Å². The van der Waals surface area contributed by atoms with Gasteiger partial charge in [0.1, 0.15) is 17.3 Å². The maximum absolute atomic E-state index is 11.6. The Hall–Kier alpha value is -1.70. The minimum Gasteiger partial charge on any atom is -0.389 e. The van der Waals surface area contributed by atoms with Gasteiger partial charge in [-0.25, -0.2) is 4.98 Å². The number of H-pyrrole nitrogens is 2. The van der Waals surface area contributed by atoms with Crippen LogP contribution in [0.2, 0.25) is 0 Å². The van der Waals surface area contributed by atoms with Crippen LogP contribution in [0.1, 0.15) is 24.4 Å². The van der Waals surface area contributed by atoms with Crippen molar-refractivity contribution in [3.63, 3.8) is 0 Å². The summed E-state index contributed by atoms with van der Waals surface area (Å²) in [4.78, 5) is 21.1. The van der Waals surface area contributed by atoms with Gasteiger partial charge in [-0.1, -0.05) is 0 Å². The first-order chi connectivity index (χ1) is 8.66. The number of fused-ring (bicyclic) bond motifs is 1. The van der Waals surface area contributed by atoms with Crippen LogP contribution in [0, 0.1) is 0 Å². The van der Waals surface area contributed by atoms with Crippen LogP contribution in [0.5, 0.6) is 0 Å². The molecule has 5 N–H and O–H groups in total. The summed E-state index contributed by atoms with van der Waals surface area (Å²) >= 11 is 0. The number of hydrogen-bond acceptors (Lipinski definition) is 5. The second-order valence-electron chi connectivity index (χ2n) is 4.51. The fourth-order valence-electron chi connectivity index (χ4n) is 2.38. The second kappa shape index (κ2) is 4.20. The summed E-state index contributed by atoms with van der Waals surface area (Å²) < 4.78 is 0. The van der Waals surface area contributed by atoms with Crippen LogP contribution in [0.4, 0.5) is 0 Å². The summed E-state index contributed by atoms with van der Waals surface area (Å²) in [5, 5.41) is 22.0. The zero-order chi connectivity index (χ0) is 12.7. The molecule has 0 saturated carbocycles. The van der Waals surface area contributed by atoms with E-state index in [0.29, 0.717) is 23.9 Å². The molecule has 0 spiro atoms. The first-order valence-corrected chi connectivity index (χ1v) is 5.83. The van der Waals surface area contributed by atoms with E-state index in [1.54, 1.807) is 6.20 Å². The SMILES string of the molecule is O=c1[nH]cnc2c(C3CC[C@H](O)[C@@H](O)N3)c[nH]c12. The maximum Gasteiger partial charge on any atom is 0.275 e. The molecule has 3 rings (SSSR count). The molecule has 2 aromatic rings. The van der Waals surface area contributed by atoms with Crippen molar-refractivity contribution >= 4 is 11.0 Å². The number of rotatable bonds is 1. The zero-order valence-corrected chi connectivity index (χ0v) is 9.55. The number of aromatic nitrogens is 3. The summed E-state index contributed by atoms with van der Waals surface area (Å²) in [7, 11) is 0. The molecular weight excluding hydrogens is 236 g/mol.